The molecule has 3 aromatic rings. The maximum atomic E-state index is 15.7. The second kappa shape index (κ2) is 10.8. The van der Waals surface area contributed by atoms with Crippen molar-refractivity contribution in [2.24, 2.45) is 0 Å². The van der Waals surface area contributed by atoms with E-state index in [1.165, 1.54) is 4.90 Å². The number of benzene rings is 3. The van der Waals surface area contributed by atoms with Crippen LogP contribution in [0.3, 0.4) is 0 Å². The van der Waals surface area contributed by atoms with Gasteiger partial charge < -0.3 is 34.0 Å². The van der Waals surface area contributed by atoms with Crippen LogP contribution in [0.1, 0.15) is 45.5 Å². The van der Waals surface area contributed by atoms with Crippen molar-refractivity contribution in [3.63, 3.8) is 0 Å². The number of aromatic carboxylic acids is 1. The highest BCUT2D eigenvalue weighted by Crippen LogP contribution is 2.44. The van der Waals surface area contributed by atoms with Crippen LogP contribution >= 0.6 is 23.2 Å². The van der Waals surface area contributed by atoms with Crippen LogP contribution in [0, 0.1) is 5.82 Å². The van der Waals surface area contributed by atoms with Gasteiger partial charge in [-0.05, 0) is 37.1 Å². The van der Waals surface area contributed by atoms with Crippen LogP contribution in [0.2, 0.25) is 10.0 Å². The molecule has 0 saturated carbocycles. The fraction of sp³-hybridized carbons (Fsp3) is 0.394. The number of ether oxygens (including phenoxy) is 3. The lowest BCUT2D eigenvalue weighted by atomic mass is 9.86. The van der Waals surface area contributed by atoms with E-state index in [-0.39, 0.29) is 63.6 Å². The average Bonchev–Trinajstić information content (AvgIpc) is 3.21. The Balaban J connectivity index is 1.07. The van der Waals surface area contributed by atoms with E-state index < -0.39 is 11.8 Å². The van der Waals surface area contributed by atoms with E-state index >= 15 is 4.39 Å². The highest BCUT2D eigenvalue weighted by molar-refractivity contribution is 6.40. The van der Waals surface area contributed by atoms with Crippen molar-refractivity contribution >= 4 is 46.5 Å². The lowest BCUT2D eigenvalue weighted by molar-refractivity contribution is -0.160. The first-order chi connectivity index (χ1) is 21.7. The molecule has 45 heavy (non-hydrogen) atoms. The summed E-state index contributed by atoms with van der Waals surface area (Å²) in [5.41, 5.74) is 2.77. The molecule has 0 aliphatic carbocycles. The molecule has 2 bridgehead atoms. The number of hydrogen-bond acceptors (Lipinski definition) is 7. The number of carboxylic acids is 1. The maximum Gasteiger partial charge on any atom is 0.337 e. The van der Waals surface area contributed by atoms with Gasteiger partial charge in [-0.15, -0.1) is 0 Å². The molecule has 0 radical (unpaired) electrons. The minimum absolute atomic E-state index is 0.0349. The number of anilines is 2. The van der Waals surface area contributed by atoms with Gasteiger partial charge in [0.05, 0.1) is 65.3 Å². The van der Waals surface area contributed by atoms with Crippen molar-refractivity contribution in [1.29, 1.82) is 0 Å². The third-order valence-corrected chi connectivity index (χ3v) is 10.4. The van der Waals surface area contributed by atoms with Crippen molar-refractivity contribution in [1.82, 2.24) is 4.90 Å². The number of halogens is 3. The normalized spacial score (nSPS) is 22.9. The summed E-state index contributed by atoms with van der Waals surface area (Å²) >= 11 is 13.3. The van der Waals surface area contributed by atoms with Crippen molar-refractivity contribution in [3.8, 4) is 16.9 Å². The third kappa shape index (κ3) is 4.72. The SMILES string of the molecule is O=C(O)c1cc(F)c(-c2cccc3c2OCN(C(=O)c2c(Cl)cc(N4CC5(CCO5)C4)cc2Cl)C3)cc1N1C2CCC1COC2. The summed E-state index contributed by atoms with van der Waals surface area (Å²) in [5, 5.41) is 10.5. The molecule has 9 nitrogen and oxygen atoms in total. The Morgan fingerprint density at radius 2 is 1.71 bits per heavy atom. The van der Waals surface area contributed by atoms with E-state index in [1.807, 2.05) is 6.07 Å². The molecule has 12 heteroatoms. The number of amides is 1. The fourth-order valence-corrected chi connectivity index (χ4v) is 8.01. The number of fused-ring (bicyclic) bond motifs is 3. The summed E-state index contributed by atoms with van der Waals surface area (Å²) in [7, 11) is 0. The lowest BCUT2D eigenvalue weighted by Gasteiger charge is -2.56. The number of para-hydroxylation sites is 1. The second-order valence-corrected chi connectivity index (χ2v) is 13.3. The third-order valence-electron chi connectivity index (χ3n) is 9.76. The number of carbonyl (C=O) groups excluding carboxylic acids is 1. The van der Waals surface area contributed by atoms with Gasteiger partial charge in [-0.3, -0.25) is 4.79 Å². The number of carbonyl (C=O) groups is 2. The van der Waals surface area contributed by atoms with Crippen molar-refractivity contribution in [2.45, 2.75) is 43.5 Å². The summed E-state index contributed by atoms with van der Waals surface area (Å²) in [5.74, 6) is -1.79. The molecule has 2 unspecified atom stereocenters. The zero-order valence-corrected chi connectivity index (χ0v) is 25.7. The van der Waals surface area contributed by atoms with Gasteiger partial charge in [0.1, 0.15) is 17.2 Å². The summed E-state index contributed by atoms with van der Waals surface area (Å²) in [6, 6.07) is 11.6. The van der Waals surface area contributed by atoms with Crippen LogP contribution in [0.15, 0.2) is 42.5 Å². The van der Waals surface area contributed by atoms with E-state index in [9.17, 15) is 14.7 Å². The van der Waals surface area contributed by atoms with Gasteiger partial charge in [0.15, 0.2) is 6.73 Å². The highest BCUT2D eigenvalue weighted by Gasteiger charge is 2.49. The van der Waals surface area contributed by atoms with Gasteiger partial charge >= 0.3 is 5.97 Å². The van der Waals surface area contributed by atoms with Crippen molar-refractivity contribution in [2.75, 3.05) is 49.4 Å². The molecule has 0 aromatic heterocycles. The number of rotatable bonds is 5. The molecule has 3 aromatic carbocycles. The van der Waals surface area contributed by atoms with Crippen LogP contribution in [0.5, 0.6) is 5.75 Å². The number of nitrogens with zero attached hydrogens (tertiary/aromatic N) is 3. The maximum absolute atomic E-state index is 15.7. The van der Waals surface area contributed by atoms with Crippen LogP contribution in [0.25, 0.3) is 11.1 Å². The average molecular weight is 655 g/mol. The van der Waals surface area contributed by atoms with Crippen molar-refractivity contribution < 1.29 is 33.3 Å². The van der Waals surface area contributed by atoms with Gasteiger partial charge in [0.25, 0.3) is 5.91 Å². The molecule has 1 N–H and O–H groups in total. The first-order valence-electron chi connectivity index (χ1n) is 15.1. The Morgan fingerprint density at radius 1 is 1.00 bits per heavy atom. The van der Waals surface area contributed by atoms with E-state index in [1.54, 1.807) is 30.3 Å². The fourth-order valence-electron chi connectivity index (χ4n) is 7.37. The zero-order valence-electron chi connectivity index (χ0n) is 24.2. The van der Waals surface area contributed by atoms with Gasteiger partial charge in [-0.25, -0.2) is 9.18 Å². The molecule has 5 heterocycles. The Bertz CT molecular complexity index is 1700. The quantitative estimate of drug-likeness (QED) is 0.368. The molecular weight excluding hydrogens is 624 g/mol. The first kappa shape index (κ1) is 28.9. The van der Waals surface area contributed by atoms with Crippen LogP contribution in [-0.2, 0) is 16.0 Å². The predicted octanol–water partition coefficient (Wildman–Crippen LogP) is 5.84. The monoisotopic (exact) mass is 653 g/mol. The van der Waals surface area contributed by atoms with Crippen LogP contribution < -0.4 is 14.5 Å². The van der Waals surface area contributed by atoms with E-state index in [2.05, 4.69) is 9.80 Å². The molecule has 2 atom stereocenters. The Kier molecular flexibility index (Phi) is 6.90. The van der Waals surface area contributed by atoms with E-state index in [0.717, 1.165) is 50.7 Å². The highest BCUT2D eigenvalue weighted by atomic mass is 35.5. The molecule has 1 spiro atoms. The molecule has 4 fully saturated rings. The number of hydrogen-bond donors (Lipinski definition) is 1. The van der Waals surface area contributed by atoms with E-state index in [4.69, 9.17) is 37.4 Å². The summed E-state index contributed by atoms with van der Waals surface area (Å²) < 4.78 is 33.2. The number of morpholine rings is 1. The van der Waals surface area contributed by atoms with Crippen LogP contribution in [0.4, 0.5) is 15.8 Å². The molecular formula is C33H30Cl2FN3O6. The van der Waals surface area contributed by atoms with Gasteiger partial charge in [-0.1, -0.05) is 41.4 Å². The second-order valence-electron chi connectivity index (χ2n) is 12.5. The summed E-state index contributed by atoms with van der Waals surface area (Å²) in [6.45, 7) is 3.41. The first-order valence-corrected chi connectivity index (χ1v) is 15.8. The minimum atomic E-state index is -1.19. The lowest BCUT2D eigenvalue weighted by Crippen LogP contribution is -2.68. The molecule has 8 rings (SSSR count). The minimum Gasteiger partial charge on any atom is -0.478 e. The summed E-state index contributed by atoms with van der Waals surface area (Å²) in [4.78, 5) is 31.6. The summed E-state index contributed by atoms with van der Waals surface area (Å²) in [6.07, 6.45) is 2.81. The van der Waals surface area contributed by atoms with E-state index in [0.29, 0.717) is 35.8 Å². The Labute approximate surface area is 269 Å². The topological polar surface area (TPSA) is 91.8 Å². The molecule has 1 amide bonds. The molecule has 5 aliphatic heterocycles. The van der Waals surface area contributed by atoms with Crippen LogP contribution in [-0.4, -0.2) is 79.2 Å². The van der Waals surface area contributed by atoms with Gasteiger partial charge in [0, 0.05) is 41.9 Å². The van der Waals surface area contributed by atoms with Crippen molar-refractivity contribution in [3.05, 3.63) is 75.0 Å². The standard InChI is InChI=1S/C33H30Cl2FN3O6/c34-25-8-21(38-15-33(16-38)6-7-45-33)9-26(35)29(25)31(40)37-12-18-2-1-3-22(30(18)44-17-37)23-11-28(24(32(41)42)10-27(23)36)39-19-4-5-20(39)14-43-13-19/h1-3,8-11,19-20H,4-7,12-17H2,(H,41,42). The van der Waals surface area contributed by atoms with Gasteiger partial charge in [-0.2, -0.15) is 0 Å². The smallest absolute Gasteiger partial charge is 0.337 e. The Morgan fingerprint density at radius 3 is 2.36 bits per heavy atom. The zero-order chi connectivity index (χ0) is 31.0. The molecule has 4 saturated heterocycles. The molecule has 234 valence electrons. The largest absolute Gasteiger partial charge is 0.478 e. The predicted molar refractivity (Wildman–Crippen MR) is 166 cm³/mol. The number of carboxylic acid groups (broad SMARTS) is 1. The van der Waals surface area contributed by atoms with Gasteiger partial charge in [0.2, 0.25) is 0 Å². The molecule has 5 aliphatic rings. The Hall–Kier alpha value is -3.57.